The Balaban J connectivity index is 1.74. The average Bonchev–Trinajstić information content (AvgIpc) is 3.05. The zero-order chi connectivity index (χ0) is 21.4. The quantitative estimate of drug-likeness (QED) is 0.606. The molecule has 0 spiro atoms. The molecule has 1 aliphatic carbocycles. The summed E-state index contributed by atoms with van der Waals surface area (Å²) in [5.74, 6) is -3.21. The van der Waals surface area contributed by atoms with Crippen LogP contribution in [0.2, 0.25) is 0 Å². The minimum Gasteiger partial charge on any atom is -0.462 e. The van der Waals surface area contributed by atoms with E-state index in [1.165, 1.54) is 11.3 Å². The summed E-state index contributed by atoms with van der Waals surface area (Å²) < 4.78 is 32.7. The lowest BCUT2D eigenvalue weighted by Gasteiger charge is -2.12. The Labute approximate surface area is 173 Å². The Kier molecular flexibility index (Phi) is 5.38. The van der Waals surface area contributed by atoms with Crippen LogP contribution in [0.3, 0.4) is 0 Å². The van der Waals surface area contributed by atoms with Crippen molar-refractivity contribution in [3.05, 3.63) is 61.8 Å². The lowest BCUT2D eigenvalue weighted by molar-refractivity contribution is 0.0526. The molecule has 9 heteroatoms. The molecular formula is C21H18F2N2O4S. The van der Waals surface area contributed by atoms with Crippen molar-refractivity contribution in [2.24, 2.45) is 0 Å². The smallest absolute Gasteiger partial charge is 0.341 e. The van der Waals surface area contributed by atoms with Crippen molar-refractivity contribution >= 4 is 39.1 Å². The molecule has 30 heavy (non-hydrogen) atoms. The number of H-pyrrole nitrogens is 1. The summed E-state index contributed by atoms with van der Waals surface area (Å²) >= 11 is 1.29. The molecule has 0 radical (unpaired) electrons. The number of aryl methyl sites for hydroxylation is 1. The van der Waals surface area contributed by atoms with Gasteiger partial charge in [-0.15, -0.1) is 11.3 Å². The van der Waals surface area contributed by atoms with E-state index in [-0.39, 0.29) is 17.7 Å². The number of aromatic nitrogens is 1. The van der Waals surface area contributed by atoms with Gasteiger partial charge in [0.1, 0.15) is 22.2 Å². The highest BCUT2D eigenvalue weighted by molar-refractivity contribution is 7.17. The van der Waals surface area contributed by atoms with Gasteiger partial charge in [-0.05, 0) is 44.2 Å². The molecule has 0 unspecified atom stereocenters. The highest BCUT2D eigenvalue weighted by atomic mass is 32.1. The zero-order valence-electron chi connectivity index (χ0n) is 16.1. The van der Waals surface area contributed by atoms with Gasteiger partial charge in [0.2, 0.25) is 5.43 Å². The first-order valence-corrected chi connectivity index (χ1v) is 10.4. The predicted octanol–water partition coefficient (Wildman–Crippen LogP) is 4.18. The number of nitrogens with one attached hydrogen (secondary N) is 2. The first kappa shape index (κ1) is 20.2. The number of esters is 1. The number of ether oxygens (including phenoxy) is 1. The second-order valence-corrected chi connectivity index (χ2v) is 8.04. The van der Waals surface area contributed by atoms with Gasteiger partial charge >= 0.3 is 5.97 Å². The highest BCUT2D eigenvalue weighted by Gasteiger charge is 2.28. The minimum absolute atomic E-state index is 0.0483. The van der Waals surface area contributed by atoms with Crippen molar-refractivity contribution in [3.8, 4) is 0 Å². The third-order valence-corrected chi connectivity index (χ3v) is 6.23. The number of thiophene rings is 1. The first-order chi connectivity index (χ1) is 14.4. The standard InChI is InChI=1S/C21H18F2N2O4S/c1-2-29-21(28)16-11-5-3-4-6-15(11)30-20(16)25-19(27)12-9-24-14-8-10(22)7-13(23)17(14)18(12)26/h7-9H,2-6H2,1H3,(H,24,26)(H,25,27). The highest BCUT2D eigenvalue weighted by Crippen LogP contribution is 2.38. The summed E-state index contributed by atoms with van der Waals surface area (Å²) in [4.78, 5) is 41.6. The lowest BCUT2D eigenvalue weighted by atomic mass is 9.95. The molecule has 1 aliphatic rings. The second-order valence-electron chi connectivity index (χ2n) is 6.93. The van der Waals surface area contributed by atoms with Crippen molar-refractivity contribution < 1.29 is 23.1 Å². The number of rotatable bonds is 4. The Morgan fingerprint density at radius 3 is 2.77 bits per heavy atom. The molecule has 4 rings (SSSR count). The van der Waals surface area contributed by atoms with Crippen molar-refractivity contribution in [2.75, 3.05) is 11.9 Å². The molecule has 1 amide bonds. The normalized spacial score (nSPS) is 13.2. The lowest BCUT2D eigenvalue weighted by Crippen LogP contribution is -2.23. The zero-order valence-corrected chi connectivity index (χ0v) is 16.9. The summed E-state index contributed by atoms with van der Waals surface area (Å²) in [6, 6.07) is 1.57. The Hall–Kier alpha value is -3.07. The molecule has 2 N–H and O–H groups in total. The van der Waals surface area contributed by atoms with Crippen LogP contribution >= 0.6 is 11.3 Å². The fourth-order valence-electron chi connectivity index (χ4n) is 3.68. The van der Waals surface area contributed by atoms with Crippen LogP contribution in [0.4, 0.5) is 13.8 Å². The number of benzene rings is 1. The monoisotopic (exact) mass is 432 g/mol. The van der Waals surface area contributed by atoms with E-state index in [1.807, 2.05) is 0 Å². The second kappa shape index (κ2) is 7.98. The van der Waals surface area contributed by atoms with E-state index in [0.717, 1.165) is 42.0 Å². The predicted molar refractivity (Wildman–Crippen MR) is 109 cm³/mol. The van der Waals surface area contributed by atoms with Crippen LogP contribution in [0.25, 0.3) is 10.9 Å². The molecule has 2 aromatic heterocycles. The molecule has 0 saturated heterocycles. The van der Waals surface area contributed by atoms with Crippen LogP contribution in [0, 0.1) is 11.6 Å². The van der Waals surface area contributed by atoms with Gasteiger partial charge < -0.3 is 15.0 Å². The third kappa shape index (κ3) is 3.49. The molecule has 6 nitrogen and oxygen atoms in total. The number of pyridine rings is 1. The Morgan fingerprint density at radius 2 is 2.00 bits per heavy atom. The van der Waals surface area contributed by atoms with Gasteiger partial charge in [-0.3, -0.25) is 9.59 Å². The fourth-order valence-corrected chi connectivity index (χ4v) is 4.95. The van der Waals surface area contributed by atoms with Gasteiger partial charge in [-0.1, -0.05) is 0 Å². The maximum absolute atomic E-state index is 14.1. The topological polar surface area (TPSA) is 88.3 Å². The largest absolute Gasteiger partial charge is 0.462 e. The van der Waals surface area contributed by atoms with E-state index in [0.29, 0.717) is 23.1 Å². The van der Waals surface area contributed by atoms with Crippen LogP contribution in [-0.2, 0) is 17.6 Å². The number of carbonyl (C=O) groups excluding carboxylic acids is 2. The van der Waals surface area contributed by atoms with Gasteiger partial charge in [0, 0.05) is 17.1 Å². The van der Waals surface area contributed by atoms with E-state index in [4.69, 9.17) is 4.74 Å². The van der Waals surface area contributed by atoms with Crippen molar-refractivity contribution in [2.45, 2.75) is 32.6 Å². The molecule has 1 aromatic carbocycles. The average molecular weight is 432 g/mol. The molecule has 0 fully saturated rings. The van der Waals surface area contributed by atoms with Gasteiger partial charge in [-0.25, -0.2) is 13.6 Å². The van der Waals surface area contributed by atoms with Crippen molar-refractivity contribution in [1.82, 2.24) is 4.98 Å². The van der Waals surface area contributed by atoms with E-state index in [9.17, 15) is 23.2 Å². The molecule has 3 aromatic rings. The Morgan fingerprint density at radius 1 is 1.23 bits per heavy atom. The molecular weight excluding hydrogens is 414 g/mol. The van der Waals surface area contributed by atoms with Gasteiger partial charge in [0.25, 0.3) is 5.91 Å². The van der Waals surface area contributed by atoms with E-state index in [2.05, 4.69) is 10.3 Å². The van der Waals surface area contributed by atoms with Crippen LogP contribution in [-0.4, -0.2) is 23.5 Å². The van der Waals surface area contributed by atoms with Gasteiger partial charge in [-0.2, -0.15) is 0 Å². The minimum atomic E-state index is -1.06. The van der Waals surface area contributed by atoms with Crippen molar-refractivity contribution in [3.63, 3.8) is 0 Å². The van der Waals surface area contributed by atoms with E-state index < -0.39 is 34.3 Å². The molecule has 2 heterocycles. The summed E-state index contributed by atoms with van der Waals surface area (Å²) in [5.41, 5.74) is -0.0656. The van der Waals surface area contributed by atoms with Crippen LogP contribution in [0.15, 0.2) is 23.1 Å². The molecule has 0 aliphatic heterocycles. The number of fused-ring (bicyclic) bond motifs is 2. The summed E-state index contributed by atoms with van der Waals surface area (Å²) in [5, 5.41) is 2.53. The SMILES string of the molecule is CCOC(=O)c1c(NC(=O)c2c[nH]c3cc(F)cc(F)c3c2=O)sc2c1CCCC2. The van der Waals surface area contributed by atoms with E-state index >= 15 is 0 Å². The first-order valence-electron chi connectivity index (χ1n) is 9.54. The maximum atomic E-state index is 14.1. The molecule has 156 valence electrons. The number of anilines is 1. The molecule has 0 bridgehead atoms. The summed E-state index contributed by atoms with van der Waals surface area (Å²) in [6.45, 7) is 1.89. The summed E-state index contributed by atoms with van der Waals surface area (Å²) in [7, 11) is 0. The number of hydrogen-bond donors (Lipinski definition) is 2. The fraction of sp³-hybridized carbons (Fsp3) is 0.286. The van der Waals surface area contributed by atoms with Gasteiger partial charge in [0.15, 0.2) is 0 Å². The van der Waals surface area contributed by atoms with Crippen molar-refractivity contribution in [1.29, 1.82) is 0 Å². The Bertz CT molecular complexity index is 1230. The summed E-state index contributed by atoms with van der Waals surface area (Å²) in [6.07, 6.45) is 4.54. The number of amides is 1. The molecule has 0 atom stereocenters. The van der Waals surface area contributed by atoms with E-state index in [1.54, 1.807) is 6.92 Å². The van der Waals surface area contributed by atoms with Crippen LogP contribution in [0.5, 0.6) is 0 Å². The van der Waals surface area contributed by atoms with Crippen LogP contribution in [0.1, 0.15) is 50.9 Å². The van der Waals surface area contributed by atoms with Crippen LogP contribution < -0.4 is 10.7 Å². The number of hydrogen-bond acceptors (Lipinski definition) is 5. The maximum Gasteiger partial charge on any atom is 0.341 e. The molecule has 0 saturated carbocycles. The number of aromatic amines is 1. The van der Waals surface area contributed by atoms with Gasteiger partial charge in [0.05, 0.1) is 23.1 Å². The third-order valence-electron chi connectivity index (χ3n) is 5.02. The number of carbonyl (C=O) groups is 2. The number of halogens is 2.